The molecule has 0 spiro atoms. The van der Waals surface area contributed by atoms with Crippen LogP contribution in [0.4, 0.5) is 0 Å². The first-order valence-electron chi connectivity index (χ1n) is 13.1. The number of amides is 1. The van der Waals surface area contributed by atoms with Crippen molar-refractivity contribution < 1.29 is 34.8 Å². The summed E-state index contributed by atoms with van der Waals surface area (Å²) in [7, 11) is 3.13. The molecule has 0 radical (unpaired) electrons. The van der Waals surface area contributed by atoms with Crippen LogP contribution in [0.1, 0.15) is 49.8 Å². The van der Waals surface area contributed by atoms with Gasteiger partial charge in [0.05, 0.1) is 11.6 Å². The number of aromatic hydroxyl groups is 1. The predicted molar refractivity (Wildman–Crippen MR) is 157 cm³/mol. The lowest BCUT2D eigenvalue weighted by Crippen LogP contribution is -2.65. The Morgan fingerprint density at radius 1 is 1.20 bits per heavy atom. The van der Waals surface area contributed by atoms with Gasteiger partial charge in [0.15, 0.2) is 11.4 Å². The summed E-state index contributed by atoms with van der Waals surface area (Å²) >= 11 is 6.88. The lowest BCUT2D eigenvalue weighted by atomic mass is 9.57. The van der Waals surface area contributed by atoms with Gasteiger partial charge in [0.2, 0.25) is 5.78 Å². The Morgan fingerprint density at radius 2 is 1.83 bits per heavy atom. The summed E-state index contributed by atoms with van der Waals surface area (Å²) in [5.41, 5.74) is 2.81. The SMILES string of the molecule is CN(C)[C@@H]1C(=O)C(C(N)=O)=C(O)[C@@]2(O)C(=O)C3=C(O)c4c(O)cc(CN5CCCC5(C)C)c(Cl)c4C[C@H]3C[C@@H]12.Cl.Cl. The Bertz CT molecular complexity index is 1390. The number of phenols is 1. The minimum absolute atomic E-state index is 0. The summed E-state index contributed by atoms with van der Waals surface area (Å²) in [6.45, 7) is 5.70. The van der Waals surface area contributed by atoms with Crippen LogP contribution in [0.25, 0.3) is 5.76 Å². The summed E-state index contributed by atoms with van der Waals surface area (Å²) < 4.78 is 0. The number of rotatable bonds is 4. The molecule has 0 bridgehead atoms. The highest BCUT2D eigenvalue weighted by atomic mass is 35.5. The number of primary amides is 1. The summed E-state index contributed by atoms with van der Waals surface area (Å²) in [4.78, 5) is 42.9. The van der Waals surface area contributed by atoms with E-state index in [1.54, 1.807) is 14.1 Å². The summed E-state index contributed by atoms with van der Waals surface area (Å²) in [5.74, 6) is -6.79. The fourth-order valence-electron chi connectivity index (χ4n) is 7.12. The van der Waals surface area contributed by atoms with E-state index >= 15 is 0 Å². The summed E-state index contributed by atoms with van der Waals surface area (Å²) in [5, 5.41) is 45.3. The van der Waals surface area contributed by atoms with Crippen molar-refractivity contribution in [2.24, 2.45) is 17.6 Å². The molecule has 2 fully saturated rings. The zero-order valence-electron chi connectivity index (χ0n) is 23.2. The molecule has 1 aliphatic heterocycles. The van der Waals surface area contributed by atoms with Gasteiger partial charge in [-0.3, -0.25) is 24.2 Å². The molecule has 226 valence electrons. The van der Waals surface area contributed by atoms with Gasteiger partial charge in [-0.2, -0.15) is 0 Å². The Kier molecular flexibility index (Phi) is 8.94. The van der Waals surface area contributed by atoms with Crippen molar-refractivity contribution in [2.75, 3.05) is 20.6 Å². The van der Waals surface area contributed by atoms with E-state index in [0.29, 0.717) is 22.7 Å². The van der Waals surface area contributed by atoms with Gasteiger partial charge in [-0.25, -0.2) is 0 Å². The number of fused-ring (bicyclic) bond motifs is 3. The molecule has 41 heavy (non-hydrogen) atoms. The number of ketones is 2. The van der Waals surface area contributed by atoms with Crippen LogP contribution in [0, 0.1) is 11.8 Å². The zero-order valence-corrected chi connectivity index (χ0v) is 25.6. The highest BCUT2D eigenvalue weighted by molar-refractivity contribution is 6.32. The molecule has 1 saturated carbocycles. The van der Waals surface area contributed by atoms with Crippen molar-refractivity contribution in [3.8, 4) is 5.75 Å². The fourth-order valence-corrected chi connectivity index (χ4v) is 7.41. The number of carbonyl (C=O) groups excluding carboxylic acids is 3. The second-order valence-electron chi connectivity index (χ2n) is 12.0. The molecular weight excluding hydrogens is 597 g/mol. The quantitative estimate of drug-likeness (QED) is 0.314. The third kappa shape index (κ3) is 4.73. The molecule has 4 aliphatic rings. The number of nitrogens with zero attached hydrogens (tertiary/aromatic N) is 2. The average molecular weight is 633 g/mol. The van der Waals surface area contributed by atoms with E-state index in [1.165, 1.54) is 11.0 Å². The number of halogens is 3. The van der Waals surface area contributed by atoms with Gasteiger partial charge in [-0.15, -0.1) is 24.8 Å². The third-order valence-electron chi connectivity index (χ3n) is 9.16. The van der Waals surface area contributed by atoms with E-state index in [1.807, 2.05) is 0 Å². The van der Waals surface area contributed by atoms with Crippen LogP contribution in [0.2, 0.25) is 5.02 Å². The van der Waals surface area contributed by atoms with Crippen molar-refractivity contribution in [2.45, 2.75) is 63.3 Å². The van der Waals surface area contributed by atoms with Crippen molar-refractivity contribution in [1.29, 1.82) is 0 Å². The molecule has 1 amide bonds. The Labute approximate surface area is 255 Å². The molecule has 1 aromatic rings. The molecule has 0 aromatic heterocycles. The number of Topliss-reactive ketones (excluding diaryl/α,β-unsaturated/α-hetero) is 2. The molecule has 1 saturated heterocycles. The maximum absolute atomic E-state index is 13.9. The maximum Gasteiger partial charge on any atom is 0.255 e. The van der Waals surface area contributed by atoms with Gasteiger partial charge in [0.1, 0.15) is 22.8 Å². The predicted octanol–water partition coefficient (Wildman–Crippen LogP) is 2.84. The van der Waals surface area contributed by atoms with Crippen LogP contribution in [0.5, 0.6) is 5.75 Å². The molecule has 0 unspecified atom stereocenters. The number of likely N-dealkylation sites (tertiary alicyclic amines) is 1. The number of aliphatic hydroxyl groups excluding tert-OH is 2. The van der Waals surface area contributed by atoms with E-state index < -0.39 is 58.0 Å². The van der Waals surface area contributed by atoms with E-state index in [-0.39, 0.29) is 60.1 Å². The number of benzene rings is 1. The molecule has 1 heterocycles. The lowest BCUT2D eigenvalue weighted by Gasteiger charge is -2.50. The second-order valence-corrected chi connectivity index (χ2v) is 12.4. The van der Waals surface area contributed by atoms with Crippen LogP contribution in [-0.2, 0) is 27.3 Å². The average Bonchev–Trinajstić information content (AvgIpc) is 3.16. The van der Waals surface area contributed by atoms with Crippen LogP contribution in [0.3, 0.4) is 0 Å². The first kappa shape index (κ1) is 33.2. The third-order valence-corrected chi connectivity index (χ3v) is 9.63. The minimum Gasteiger partial charge on any atom is -0.508 e. The van der Waals surface area contributed by atoms with Crippen LogP contribution >= 0.6 is 36.4 Å². The number of nitrogens with two attached hydrogens (primary N) is 1. The molecule has 6 N–H and O–H groups in total. The normalized spacial score (nSPS) is 29.0. The van der Waals surface area contributed by atoms with Crippen molar-refractivity contribution >= 4 is 59.6 Å². The maximum atomic E-state index is 13.9. The van der Waals surface area contributed by atoms with E-state index in [0.717, 1.165) is 19.4 Å². The van der Waals surface area contributed by atoms with E-state index in [2.05, 4.69) is 18.7 Å². The number of hydrogen-bond acceptors (Lipinski definition) is 9. The van der Waals surface area contributed by atoms with Crippen molar-refractivity contribution in [3.63, 3.8) is 0 Å². The van der Waals surface area contributed by atoms with Gasteiger partial charge in [0, 0.05) is 28.6 Å². The van der Waals surface area contributed by atoms with Crippen molar-refractivity contribution in [1.82, 2.24) is 9.80 Å². The summed E-state index contributed by atoms with van der Waals surface area (Å²) in [6, 6.07) is 0.358. The molecule has 3 aliphatic carbocycles. The molecule has 10 nitrogen and oxygen atoms in total. The number of aliphatic hydroxyl groups is 3. The highest BCUT2D eigenvalue weighted by Gasteiger charge is 2.64. The van der Waals surface area contributed by atoms with Crippen LogP contribution in [0.15, 0.2) is 23.0 Å². The lowest BCUT2D eigenvalue weighted by molar-refractivity contribution is -0.153. The zero-order chi connectivity index (χ0) is 28.8. The Morgan fingerprint density at radius 3 is 2.37 bits per heavy atom. The molecule has 13 heteroatoms. The second kappa shape index (κ2) is 11.1. The van der Waals surface area contributed by atoms with Crippen LogP contribution in [-0.4, -0.2) is 85.5 Å². The highest BCUT2D eigenvalue weighted by Crippen LogP contribution is 2.53. The molecule has 1 aromatic carbocycles. The Balaban J connectivity index is 0.00000231. The smallest absolute Gasteiger partial charge is 0.255 e. The molecule has 4 atom stereocenters. The van der Waals surface area contributed by atoms with Gasteiger partial charge in [-0.1, -0.05) is 11.6 Å². The van der Waals surface area contributed by atoms with Crippen molar-refractivity contribution in [3.05, 3.63) is 44.7 Å². The largest absolute Gasteiger partial charge is 0.508 e. The first-order chi connectivity index (χ1) is 18.1. The fraction of sp³-hybridized carbons (Fsp3) is 0.536. The first-order valence-corrected chi connectivity index (χ1v) is 13.4. The number of carbonyl (C=O) groups is 3. The van der Waals surface area contributed by atoms with E-state index in [9.17, 15) is 34.8 Å². The summed E-state index contributed by atoms with van der Waals surface area (Å²) in [6.07, 6.45) is 2.27. The number of hydrogen-bond donors (Lipinski definition) is 5. The molecule has 5 rings (SSSR count). The van der Waals surface area contributed by atoms with Gasteiger partial charge >= 0.3 is 0 Å². The van der Waals surface area contributed by atoms with Gasteiger partial charge in [0.25, 0.3) is 5.91 Å². The van der Waals surface area contributed by atoms with Gasteiger partial charge < -0.3 is 26.2 Å². The van der Waals surface area contributed by atoms with Gasteiger partial charge in [-0.05, 0) is 83.3 Å². The van der Waals surface area contributed by atoms with Crippen LogP contribution < -0.4 is 5.73 Å². The topological polar surface area (TPSA) is 165 Å². The minimum atomic E-state index is -2.66. The molecular formula is C28H36Cl3N3O7. The standard InChI is InChI=1S/C28H34ClN3O7.2ClH/c1-27(2)6-5-7-32(27)11-13-10-16(33)18-14(20(13)29)8-12-9-15-21(31(3)4)23(35)19(26(30)38)25(37)28(15,39)24(36)17(12)22(18)34;;/h10,12,15,21,33-34,37,39H,5-9,11H2,1-4H3,(H2,30,38);2*1H/t12-,15-,21-,28-;;/m0../s1. The van der Waals surface area contributed by atoms with E-state index in [4.69, 9.17) is 17.3 Å². The monoisotopic (exact) mass is 631 g/mol. The number of likely N-dealkylation sites (N-methyl/N-ethyl adjacent to an activating group) is 1. The Hall–Kier alpha value is -2.34. The number of phenolic OH excluding ortho intramolecular Hbond substituents is 1.